The van der Waals surface area contributed by atoms with E-state index in [1.165, 1.54) is 6.07 Å². The molecule has 21 heavy (non-hydrogen) atoms. The molecule has 0 spiro atoms. The van der Waals surface area contributed by atoms with Gasteiger partial charge in [0.15, 0.2) is 0 Å². The van der Waals surface area contributed by atoms with Gasteiger partial charge in [-0.2, -0.15) is 0 Å². The summed E-state index contributed by atoms with van der Waals surface area (Å²) < 4.78 is 21.0. The second-order valence-electron chi connectivity index (χ2n) is 4.69. The Hall–Kier alpha value is -2.07. The SMILES string of the molecule is COc1ccc2c(c1)nc(CCl)n2Cc1ccccc1F. The number of imidazole rings is 1. The van der Waals surface area contributed by atoms with E-state index >= 15 is 0 Å². The Morgan fingerprint density at radius 1 is 1.24 bits per heavy atom. The molecule has 0 aliphatic carbocycles. The van der Waals surface area contributed by atoms with Gasteiger partial charge in [0.25, 0.3) is 0 Å². The molecule has 1 heterocycles. The molecule has 3 nitrogen and oxygen atoms in total. The molecule has 0 atom stereocenters. The Bertz CT molecular complexity index is 785. The number of ether oxygens (including phenoxy) is 1. The van der Waals surface area contributed by atoms with Gasteiger partial charge in [-0.25, -0.2) is 9.37 Å². The summed E-state index contributed by atoms with van der Waals surface area (Å²) in [6, 6.07) is 12.3. The van der Waals surface area contributed by atoms with Gasteiger partial charge in [-0.15, -0.1) is 11.6 Å². The molecule has 0 unspecified atom stereocenters. The van der Waals surface area contributed by atoms with E-state index in [1.54, 1.807) is 19.2 Å². The zero-order valence-electron chi connectivity index (χ0n) is 11.5. The minimum atomic E-state index is -0.228. The minimum absolute atomic E-state index is 0.228. The molecular formula is C16H14ClFN2O. The average Bonchev–Trinajstić information content (AvgIpc) is 2.86. The van der Waals surface area contributed by atoms with E-state index < -0.39 is 0 Å². The van der Waals surface area contributed by atoms with E-state index in [2.05, 4.69) is 4.98 Å². The predicted molar refractivity (Wildman–Crippen MR) is 81.3 cm³/mol. The second-order valence-corrected chi connectivity index (χ2v) is 4.96. The molecule has 1 aromatic heterocycles. The molecule has 5 heteroatoms. The maximum Gasteiger partial charge on any atom is 0.128 e. The van der Waals surface area contributed by atoms with Crippen molar-refractivity contribution in [2.75, 3.05) is 7.11 Å². The number of halogens is 2. The summed E-state index contributed by atoms with van der Waals surface area (Å²) in [5.74, 6) is 1.49. The number of alkyl halides is 1. The molecular weight excluding hydrogens is 291 g/mol. The highest BCUT2D eigenvalue weighted by Crippen LogP contribution is 2.24. The lowest BCUT2D eigenvalue weighted by atomic mass is 10.2. The van der Waals surface area contributed by atoms with Gasteiger partial charge in [0, 0.05) is 11.6 Å². The smallest absolute Gasteiger partial charge is 0.128 e. The van der Waals surface area contributed by atoms with Crippen molar-refractivity contribution in [2.45, 2.75) is 12.4 Å². The lowest BCUT2D eigenvalue weighted by molar-refractivity contribution is 0.415. The topological polar surface area (TPSA) is 27.1 Å². The van der Waals surface area contributed by atoms with E-state index in [-0.39, 0.29) is 11.7 Å². The van der Waals surface area contributed by atoms with Crippen molar-refractivity contribution >= 4 is 22.6 Å². The normalized spacial score (nSPS) is 11.0. The van der Waals surface area contributed by atoms with E-state index in [0.717, 1.165) is 16.8 Å². The van der Waals surface area contributed by atoms with E-state index in [9.17, 15) is 4.39 Å². The zero-order valence-corrected chi connectivity index (χ0v) is 12.3. The van der Waals surface area contributed by atoms with Gasteiger partial charge in [0.1, 0.15) is 17.4 Å². The van der Waals surface area contributed by atoms with Crippen molar-refractivity contribution in [1.82, 2.24) is 9.55 Å². The Morgan fingerprint density at radius 2 is 2.05 bits per heavy atom. The first-order valence-corrected chi connectivity index (χ1v) is 7.09. The molecule has 108 valence electrons. The Labute approximate surface area is 126 Å². The lowest BCUT2D eigenvalue weighted by Crippen LogP contribution is -2.05. The van der Waals surface area contributed by atoms with Gasteiger partial charge in [-0.1, -0.05) is 18.2 Å². The van der Waals surface area contributed by atoms with Crippen molar-refractivity contribution in [3.63, 3.8) is 0 Å². The van der Waals surface area contributed by atoms with Crippen LogP contribution in [0.4, 0.5) is 4.39 Å². The maximum atomic E-state index is 13.8. The lowest BCUT2D eigenvalue weighted by Gasteiger charge is -2.09. The Morgan fingerprint density at radius 3 is 2.76 bits per heavy atom. The van der Waals surface area contributed by atoms with Crippen LogP contribution in [0, 0.1) is 5.82 Å². The third-order valence-corrected chi connectivity index (χ3v) is 3.68. The second kappa shape index (κ2) is 5.74. The van der Waals surface area contributed by atoms with Crippen molar-refractivity contribution in [3.05, 3.63) is 59.7 Å². The number of methoxy groups -OCH3 is 1. The number of fused-ring (bicyclic) bond motifs is 1. The number of rotatable bonds is 4. The number of nitrogens with zero attached hydrogens (tertiary/aromatic N) is 2. The van der Waals surface area contributed by atoms with Crippen LogP contribution in [0.5, 0.6) is 5.75 Å². The molecule has 0 amide bonds. The molecule has 0 saturated carbocycles. The predicted octanol–water partition coefficient (Wildman–Crippen LogP) is 3.97. The third kappa shape index (κ3) is 2.59. The third-order valence-electron chi connectivity index (χ3n) is 3.44. The van der Waals surface area contributed by atoms with Crippen molar-refractivity contribution < 1.29 is 9.13 Å². The molecule has 0 radical (unpaired) electrons. The fourth-order valence-corrected chi connectivity index (χ4v) is 2.57. The van der Waals surface area contributed by atoms with Gasteiger partial charge in [-0.3, -0.25) is 0 Å². The summed E-state index contributed by atoms with van der Waals surface area (Å²) in [4.78, 5) is 4.49. The number of hydrogen-bond acceptors (Lipinski definition) is 2. The highest BCUT2D eigenvalue weighted by atomic mass is 35.5. The quantitative estimate of drug-likeness (QED) is 0.682. The van der Waals surface area contributed by atoms with Gasteiger partial charge in [0.05, 0.1) is 30.6 Å². The Balaban J connectivity index is 2.10. The monoisotopic (exact) mass is 304 g/mol. The van der Waals surface area contributed by atoms with Crippen molar-refractivity contribution in [2.24, 2.45) is 0 Å². The van der Waals surface area contributed by atoms with Crippen LogP contribution in [0.15, 0.2) is 42.5 Å². The van der Waals surface area contributed by atoms with Crippen LogP contribution in [-0.4, -0.2) is 16.7 Å². The molecule has 3 rings (SSSR count). The van der Waals surface area contributed by atoms with Crippen LogP contribution < -0.4 is 4.74 Å². The van der Waals surface area contributed by atoms with E-state index in [4.69, 9.17) is 16.3 Å². The largest absolute Gasteiger partial charge is 0.497 e. The van der Waals surface area contributed by atoms with Gasteiger partial charge >= 0.3 is 0 Å². The first-order valence-electron chi connectivity index (χ1n) is 6.55. The highest BCUT2D eigenvalue weighted by molar-refractivity contribution is 6.16. The first kappa shape index (κ1) is 13.9. The van der Waals surface area contributed by atoms with Crippen molar-refractivity contribution in [3.8, 4) is 5.75 Å². The summed E-state index contributed by atoms with van der Waals surface area (Å²) in [7, 11) is 1.61. The molecule has 0 bridgehead atoms. The Kier molecular flexibility index (Phi) is 3.80. The standard InChI is InChI=1S/C16H14ClFN2O/c1-21-12-6-7-15-14(8-12)19-16(9-17)20(15)10-11-4-2-3-5-13(11)18/h2-8H,9-10H2,1H3. The summed E-state index contributed by atoms with van der Waals surface area (Å²) in [6.07, 6.45) is 0. The summed E-state index contributed by atoms with van der Waals surface area (Å²) in [6.45, 7) is 0.400. The van der Waals surface area contributed by atoms with E-state index in [1.807, 2.05) is 28.8 Å². The summed E-state index contributed by atoms with van der Waals surface area (Å²) in [5.41, 5.74) is 2.31. The fourth-order valence-electron chi connectivity index (χ4n) is 2.36. The zero-order chi connectivity index (χ0) is 14.8. The van der Waals surface area contributed by atoms with Crippen LogP contribution in [0.2, 0.25) is 0 Å². The number of hydrogen-bond donors (Lipinski definition) is 0. The van der Waals surface area contributed by atoms with Crippen LogP contribution in [0.3, 0.4) is 0 Å². The summed E-state index contributed by atoms with van der Waals surface area (Å²) >= 11 is 5.97. The van der Waals surface area contributed by atoms with Crippen molar-refractivity contribution in [1.29, 1.82) is 0 Å². The average molecular weight is 305 g/mol. The molecule has 2 aromatic carbocycles. The molecule has 0 aliphatic rings. The van der Waals surface area contributed by atoms with E-state index in [0.29, 0.717) is 17.9 Å². The first-order chi connectivity index (χ1) is 10.2. The van der Waals surface area contributed by atoms with Gasteiger partial charge in [0.2, 0.25) is 0 Å². The number of benzene rings is 2. The fraction of sp³-hybridized carbons (Fsp3) is 0.188. The molecule has 3 aromatic rings. The van der Waals surface area contributed by atoms with Crippen LogP contribution >= 0.6 is 11.6 Å². The highest BCUT2D eigenvalue weighted by Gasteiger charge is 2.12. The molecule has 0 fully saturated rings. The molecule has 0 aliphatic heterocycles. The minimum Gasteiger partial charge on any atom is -0.497 e. The maximum absolute atomic E-state index is 13.8. The molecule has 0 N–H and O–H groups in total. The van der Waals surface area contributed by atoms with Gasteiger partial charge in [-0.05, 0) is 18.2 Å². The van der Waals surface area contributed by atoms with Gasteiger partial charge < -0.3 is 9.30 Å². The summed E-state index contributed by atoms with van der Waals surface area (Å²) in [5, 5.41) is 0. The van der Waals surface area contributed by atoms with Crippen LogP contribution in [-0.2, 0) is 12.4 Å². The number of aromatic nitrogens is 2. The van der Waals surface area contributed by atoms with Crippen LogP contribution in [0.25, 0.3) is 11.0 Å². The molecule has 0 saturated heterocycles. The van der Waals surface area contributed by atoms with Crippen LogP contribution in [0.1, 0.15) is 11.4 Å².